The molecule has 1 aliphatic heterocycles. The number of hydrogen-bond acceptors (Lipinski definition) is 4. The van der Waals surface area contributed by atoms with Crippen LogP contribution in [-0.2, 0) is 19.3 Å². The molecular formula is C11H10F3N5. The lowest BCUT2D eigenvalue weighted by Gasteiger charge is -2.16. The third kappa shape index (κ3) is 2.19. The normalized spacial score (nSPS) is 15.3. The van der Waals surface area contributed by atoms with Gasteiger partial charge in [-0.3, -0.25) is 0 Å². The predicted octanol–water partition coefficient (Wildman–Crippen LogP) is 1.46. The number of fused-ring (bicyclic) bond motifs is 1. The summed E-state index contributed by atoms with van der Waals surface area (Å²) in [7, 11) is 0. The maximum absolute atomic E-state index is 12.6. The summed E-state index contributed by atoms with van der Waals surface area (Å²) in [6.45, 7) is 1.92. The number of hydrogen-bond donors (Lipinski definition) is 1. The molecule has 5 nitrogen and oxygen atoms in total. The summed E-state index contributed by atoms with van der Waals surface area (Å²) in [4.78, 5) is 3.63. The fourth-order valence-electron chi connectivity index (χ4n) is 2.00. The van der Waals surface area contributed by atoms with Gasteiger partial charge in [0.25, 0.3) is 0 Å². The number of aromatic nitrogens is 4. The van der Waals surface area contributed by atoms with Gasteiger partial charge in [-0.2, -0.15) is 13.2 Å². The van der Waals surface area contributed by atoms with Crippen molar-refractivity contribution in [2.75, 3.05) is 6.54 Å². The zero-order valence-corrected chi connectivity index (χ0v) is 9.78. The van der Waals surface area contributed by atoms with Gasteiger partial charge in [-0.25, -0.2) is 4.98 Å². The van der Waals surface area contributed by atoms with E-state index in [1.807, 2.05) is 0 Å². The van der Waals surface area contributed by atoms with Crippen LogP contribution in [0.15, 0.2) is 18.2 Å². The van der Waals surface area contributed by atoms with Gasteiger partial charge in [0, 0.05) is 13.1 Å². The molecule has 100 valence electrons. The first-order valence-corrected chi connectivity index (χ1v) is 5.73. The van der Waals surface area contributed by atoms with Crippen molar-refractivity contribution in [2.24, 2.45) is 0 Å². The maximum atomic E-state index is 12.6. The highest BCUT2D eigenvalue weighted by Crippen LogP contribution is 2.29. The highest BCUT2D eigenvalue weighted by atomic mass is 19.4. The van der Waals surface area contributed by atoms with E-state index in [1.165, 1.54) is 12.1 Å². The summed E-state index contributed by atoms with van der Waals surface area (Å²) in [5.74, 6) is 1.09. The first-order chi connectivity index (χ1) is 9.05. The van der Waals surface area contributed by atoms with Crippen molar-refractivity contribution in [3.8, 4) is 11.5 Å². The van der Waals surface area contributed by atoms with Crippen LogP contribution in [0.5, 0.6) is 0 Å². The monoisotopic (exact) mass is 269 g/mol. The summed E-state index contributed by atoms with van der Waals surface area (Å²) in [5.41, 5.74) is -0.730. The molecule has 0 bridgehead atoms. The molecule has 0 spiro atoms. The predicted molar refractivity (Wildman–Crippen MR) is 60.0 cm³/mol. The first kappa shape index (κ1) is 12.1. The fourth-order valence-corrected chi connectivity index (χ4v) is 2.00. The van der Waals surface area contributed by atoms with Crippen molar-refractivity contribution in [3.05, 3.63) is 29.7 Å². The zero-order valence-electron chi connectivity index (χ0n) is 9.78. The van der Waals surface area contributed by atoms with Crippen molar-refractivity contribution in [1.82, 2.24) is 25.1 Å². The van der Waals surface area contributed by atoms with Crippen molar-refractivity contribution in [2.45, 2.75) is 19.3 Å². The van der Waals surface area contributed by atoms with Gasteiger partial charge < -0.3 is 9.88 Å². The quantitative estimate of drug-likeness (QED) is 0.851. The Labute approximate surface area is 106 Å². The molecule has 19 heavy (non-hydrogen) atoms. The van der Waals surface area contributed by atoms with E-state index in [1.54, 1.807) is 4.57 Å². The molecule has 0 amide bonds. The third-order valence-electron chi connectivity index (χ3n) is 2.89. The smallest absolute Gasteiger partial charge is 0.308 e. The summed E-state index contributed by atoms with van der Waals surface area (Å²) in [6, 6.07) is 3.78. The molecule has 2 aromatic heterocycles. The van der Waals surface area contributed by atoms with Crippen molar-refractivity contribution in [3.63, 3.8) is 0 Å². The topological polar surface area (TPSA) is 55.6 Å². The van der Waals surface area contributed by atoms with E-state index >= 15 is 0 Å². The molecular weight excluding hydrogens is 259 g/mol. The van der Waals surface area contributed by atoms with Crippen LogP contribution in [0.4, 0.5) is 13.2 Å². The van der Waals surface area contributed by atoms with E-state index in [4.69, 9.17) is 0 Å². The molecule has 8 heteroatoms. The molecule has 0 aliphatic carbocycles. The van der Waals surface area contributed by atoms with Gasteiger partial charge in [-0.1, -0.05) is 6.07 Å². The summed E-state index contributed by atoms with van der Waals surface area (Å²) in [6.07, 6.45) is -4.46. The maximum Gasteiger partial charge on any atom is 0.433 e. The Balaban J connectivity index is 2.05. The van der Waals surface area contributed by atoms with Crippen LogP contribution in [0.25, 0.3) is 11.5 Å². The van der Waals surface area contributed by atoms with Gasteiger partial charge in [0.15, 0.2) is 5.82 Å². The second kappa shape index (κ2) is 4.30. The van der Waals surface area contributed by atoms with Gasteiger partial charge in [-0.05, 0) is 12.1 Å². The summed E-state index contributed by atoms with van der Waals surface area (Å²) < 4.78 is 39.7. The van der Waals surface area contributed by atoms with E-state index < -0.39 is 11.9 Å². The molecule has 0 saturated heterocycles. The molecule has 0 saturated carbocycles. The number of alkyl halides is 3. The van der Waals surface area contributed by atoms with Crippen LogP contribution in [0.1, 0.15) is 11.5 Å². The Morgan fingerprint density at radius 1 is 1.21 bits per heavy atom. The molecule has 0 radical (unpaired) electrons. The minimum absolute atomic E-state index is 0.190. The lowest BCUT2D eigenvalue weighted by molar-refractivity contribution is -0.141. The number of nitrogens with one attached hydrogen (secondary N) is 1. The Hall–Kier alpha value is -1.96. The van der Waals surface area contributed by atoms with Gasteiger partial charge in [-0.15, -0.1) is 10.2 Å². The van der Waals surface area contributed by atoms with Crippen LogP contribution < -0.4 is 5.32 Å². The Kier molecular flexibility index (Phi) is 2.74. The average molecular weight is 269 g/mol. The number of halogens is 3. The summed E-state index contributed by atoms with van der Waals surface area (Å²) in [5, 5.41) is 11.0. The van der Waals surface area contributed by atoms with Crippen molar-refractivity contribution in [1.29, 1.82) is 0 Å². The van der Waals surface area contributed by atoms with Crippen LogP contribution in [0, 0.1) is 0 Å². The first-order valence-electron chi connectivity index (χ1n) is 5.73. The number of pyridine rings is 1. The Morgan fingerprint density at radius 3 is 2.84 bits per heavy atom. The van der Waals surface area contributed by atoms with Crippen molar-refractivity contribution >= 4 is 0 Å². The SMILES string of the molecule is FC(F)(F)c1cccc(-c2nnc3n2CCNC3)n1. The largest absolute Gasteiger partial charge is 0.433 e. The molecule has 1 N–H and O–H groups in total. The molecule has 0 unspecified atom stereocenters. The van der Waals surface area contributed by atoms with Crippen LogP contribution >= 0.6 is 0 Å². The van der Waals surface area contributed by atoms with Gasteiger partial charge in [0.05, 0.1) is 6.54 Å². The second-order valence-electron chi connectivity index (χ2n) is 4.17. The Morgan fingerprint density at radius 2 is 2.05 bits per heavy atom. The number of rotatable bonds is 1. The average Bonchev–Trinajstić information content (AvgIpc) is 2.82. The highest BCUT2D eigenvalue weighted by molar-refractivity contribution is 5.50. The molecule has 0 atom stereocenters. The van der Waals surface area contributed by atoms with Crippen LogP contribution in [-0.4, -0.2) is 26.3 Å². The van der Waals surface area contributed by atoms with Crippen LogP contribution in [0.2, 0.25) is 0 Å². The van der Waals surface area contributed by atoms with E-state index in [0.29, 0.717) is 24.7 Å². The van der Waals surface area contributed by atoms with E-state index in [9.17, 15) is 13.2 Å². The second-order valence-corrected chi connectivity index (χ2v) is 4.17. The molecule has 1 aliphatic rings. The standard InChI is InChI=1S/C11H10F3N5/c12-11(13,14)8-3-1-2-7(16-8)10-18-17-9-6-15-4-5-19(9)10/h1-3,15H,4-6H2. The lowest BCUT2D eigenvalue weighted by atomic mass is 10.2. The van der Waals surface area contributed by atoms with Crippen LogP contribution in [0.3, 0.4) is 0 Å². The third-order valence-corrected chi connectivity index (χ3v) is 2.89. The van der Waals surface area contributed by atoms with E-state index in [0.717, 1.165) is 12.6 Å². The number of nitrogens with zero attached hydrogens (tertiary/aromatic N) is 4. The fraction of sp³-hybridized carbons (Fsp3) is 0.364. The van der Waals surface area contributed by atoms with Crippen molar-refractivity contribution < 1.29 is 13.2 Å². The molecule has 0 aromatic carbocycles. The minimum atomic E-state index is -4.46. The van der Waals surface area contributed by atoms with E-state index in [2.05, 4.69) is 20.5 Å². The van der Waals surface area contributed by atoms with E-state index in [-0.39, 0.29) is 5.69 Å². The highest BCUT2D eigenvalue weighted by Gasteiger charge is 2.33. The molecule has 2 aromatic rings. The molecule has 3 heterocycles. The molecule has 3 rings (SSSR count). The van der Waals surface area contributed by atoms with Gasteiger partial charge >= 0.3 is 6.18 Å². The van der Waals surface area contributed by atoms with Gasteiger partial charge in [0.2, 0.25) is 0 Å². The molecule has 0 fully saturated rings. The zero-order chi connectivity index (χ0) is 13.5. The Bertz CT molecular complexity index is 605. The minimum Gasteiger partial charge on any atom is -0.308 e. The van der Waals surface area contributed by atoms with Gasteiger partial charge in [0.1, 0.15) is 17.2 Å². The lowest BCUT2D eigenvalue weighted by Crippen LogP contribution is -2.28. The summed E-state index contributed by atoms with van der Waals surface area (Å²) >= 11 is 0.